The molecule has 27 heavy (non-hydrogen) atoms. The van der Waals surface area contributed by atoms with Gasteiger partial charge in [0.1, 0.15) is 11.8 Å². The summed E-state index contributed by atoms with van der Waals surface area (Å²) in [5, 5.41) is 23.4. The van der Waals surface area contributed by atoms with Gasteiger partial charge in [0.25, 0.3) is 0 Å². The van der Waals surface area contributed by atoms with E-state index in [-0.39, 0.29) is 16.9 Å². The van der Waals surface area contributed by atoms with E-state index in [0.29, 0.717) is 30.1 Å². The molecule has 2 aliphatic rings. The van der Waals surface area contributed by atoms with Crippen molar-refractivity contribution < 1.29 is 22.5 Å². The first kappa shape index (κ1) is 19.6. The van der Waals surface area contributed by atoms with Gasteiger partial charge in [0.2, 0.25) is 0 Å². The Hall–Kier alpha value is -2.11. The second kappa shape index (κ2) is 6.80. The predicted octanol–water partition coefficient (Wildman–Crippen LogP) is 2.46. The number of hydrogen-bond donors (Lipinski definition) is 1. The van der Waals surface area contributed by atoms with Crippen molar-refractivity contribution in [2.24, 2.45) is 21.9 Å². The first-order valence-corrected chi connectivity index (χ1v) is 10.4. The van der Waals surface area contributed by atoms with Crippen LogP contribution in [0.15, 0.2) is 29.4 Å². The molecular formula is C19H24N2O5S. The quantitative estimate of drug-likeness (QED) is 0.588. The summed E-state index contributed by atoms with van der Waals surface area (Å²) in [4.78, 5) is 0. The van der Waals surface area contributed by atoms with Crippen molar-refractivity contribution in [3.8, 4) is 11.8 Å². The summed E-state index contributed by atoms with van der Waals surface area (Å²) in [6, 6.07) is 8.33. The molecule has 0 aliphatic heterocycles. The van der Waals surface area contributed by atoms with Gasteiger partial charge in [-0.1, -0.05) is 19.0 Å². The largest absolute Gasteiger partial charge is 0.497 e. The third-order valence-corrected chi connectivity index (χ3v) is 7.70. The molecule has 8 heteroatoms. The minimum atomic E-state index is -4.06. The minimum Gasteiger partial charge on any atom is -0.497 e. The lowest BCUT2D eigenvalue weighted by atomic mass is 9.70. The molecule has 0 radical (unpaired) electrons. The number of hydrogen-bond acceptors (Lipinski definition) is 7. The molecule has 1 aromatic rings. The lowest BCUT2D eigenvalue weighted by Gasteiger charge is -2.39. The van der Waals surface area contributed by atoms with E-state index in [9.17, 15) is 18.8 Å². The summed E-state index contributed by atoms with van der Waals surface area (Å²) in [5.41, 5.74) is -0.748. The van der Waals surface area contributed by atoms with Gasteiger partial charge in [-0.05, 0) is 54.9 Å². The number of rotatable bonds is 6. The lowest BCUT2D eigenvalue weighted by Crippen LogP contribution is -2.44. The summed E-state index contributed by atoms with van der Waals surface area (Å²) in [6.07, 6.45) is 1.48. The molecule has 0 heterocycles. The molecule has 1 N–H and O–H groups in total. The molecule has 2 aliphatic carbocycles. The van der Waals surface area contributed by atoms with Gasteiger partial charge in [-0.3, -0.25) is 4.28 Å². The lowest BCUT2D eigenvalue weighted by molar-refractivity contribution is 0.0136. The Kier molecular flexibility index (Phi) is 4.95. The van der Waals surface area contributed by atoms with Gasteiger partial charge in [0, 0.05) is 11.0 Å². The second-order valence-electron chi connectivity index (χ2n) is 7.92. The number of benzene rings is 1. The van der Waals surface area contributed by atoms with Crippen LogP contribution in [0, 0.1) is 28.1 Å². The van der Waals surface area contributed by atoms with Crippen LogP contribution < -0.4 is 4.74 Å². The summed E-state index contributed by atoms with van der Waals surface area (Å²) in [7, 11) is -2.54. The van der Waals surface area contributed by atoms with Crippen LogP contribution in [0.2, 0.25) is 0 Å². The standard InChI is InChI=1S/C19H24N2O5S/c1-18(2)14-8-9-19(18,17(22)10-14)12-27(23,24)26-21-16(11-20)13-4-6-15(25-3)7-5-13/h4-7,14,17,22H,8-10,12H2,1-3H3/b21-16+. The Bertz CT molecular complexity index is 886. The highest BCUT2D eigenvalue weighted by atomic mass is 32.2. The second-order valence-corrected chi connectivity index (χ2v) is 9.47. The fourth-order valence-electron chi connectivity index (χ4n) is 4.70. The molecule has 146 valence electrons. The average molecular weight is 392 g/mol. The Balaban J connectivity index is 1.79. The van der Waals surface area contributed by atoms with E-state index < -0.39 is 21.6 Å². The highest BCUT2D eigenvalue weighted by Crippen LogP contribution is 2.66. The molecule has 1 aromatic carbocycles. The smallest absolute Gasteiger partial charge is 0.329 e. The van der Waals surface area contributed by atoms with Crippen LogP contribution in [0.25, 0.3) is 0 Å². The van der Waals surface area contributed by atoms with E-state index in [1.54, 1.807) is 24.3 Å². The zero-order chi connectivity index (χ0) is 19.9. The predicted molar refractivity (Wildman–Crippen MR) is 99.6 cm³/mol. The van der Waals surface area contributed by atoms with E-state index in [0.717, 1.165) is 6.42 Å². The molecular weight excluding hydrogens is 368 g/mol. The van der Waals surface area contributed by atoms with Gasteiger partial charge in [-0.2, -0.15) is 13.7 Å². The SMILES string of the molecule is COc1ccc(/C(C#N)=N/OS(=O)(=O)CC23CCC(CC2O)C3(C)C)cc1. The summed E-state index contributed by atoms with van der Waals surface area (Å²) in [5.74, 6) is 0.604. The zero-order valence-corrected chi connectivity index (χ0v) is 16.5. The van der Waals surface area contributed by atoms with Gasteiger partial charge >= 0.3 is 10.1 Å². The third-order valence-electron chi connectivity index (χ3n) is 6.53. The van der Waals surface area contributed by atoms with Crippen LogP contribution in [-0.2, 0) is 14.4 Å². The number of nitriles is 1. The van der Waals surface area contributed by atoms with E-state index in [1.165, 1.54) is 7.11 Å². The topological polar surface area (TPSA) is 109 Å². The van der Waals surface area contributed by atoms with Gasteiger partial charge < -0.3 is 9.84 Å². The Labute approximate surface area is 159 Å². The van der Waals surface area contributed by atoms with Crippen molar-refractivity contribution >= 4 is 15.8 Å². The van der Waals surface area contributed by atoms with Crippen LogP contribution in [0.3, 0.4) is 0 Å². The van der Waals surface area contributed by atoms with Crippen molar-refractivity contribution in [1.29, 1.82) is 5.26 Å². The monoisotopic (exact) mass is 392 g/mol. The molecule has 3 rings (SSSR count). The molecule has 0 spiro atoms. The molecule has 2 fully saturated rings. The van der Waals surface area contributed by atoms with Crippen molar-refractivity contribution in [1.82, 2.24) is 0 Å². The van der Waals surface area contributed by atoms with Gasteiger partial charge in [-0.25, -0.2) is 0 Å². The van der Waals surface area contributed by atoms with Crippen molar-refractivity contribution in [2.45, 2.75) is 39.2 Å². The number of methoxy groups -OCH3 is 1. The van der Waals surface area contributed by atoms with E-state index in [2.05, 4.69) is 5.16 Å². The average Bonchev–Trinajstić information content (AvgIpc) is 2.96. The molecule has 2 saturated carbocycles. The molecule has 0 amide bonds. The minimum absolute atomic E-state index is 0.144. The Morgan fingerprint density at radius 3 is 2.52 bits per heavy atom. The molecule has 0 aromatic heterocycles. The number of fused-ring (bicyclic) bond motifs is 2. The van der Waals surface area contributed by atoms with E-state index in [4.69, 9.17) is 9.02 Å². The van der Waals surface area contributed by atoms with Crippen LogP contribution in [0.5, 0.6) is 5.75 Å². The maximum atomic E-state index is 12.6. The highest BCUT2D eigenvalue weighted by molar-refractivity contribution is 7.86. The van der Waals surface area contributed by atoms with Gasteiger partial charge in [0.15, 0.2) is 5.71 Å². The van der Waals surface area contributed by atoms with Crippen LogP contribution in [0.4, 0.5) is 0 Å². The normalized spacial score (nSPS) is 29.4. The number of oxime groups is 1. The summed E-state index contributed by atoms with van der Waals surface area (Å²) >= 11 is 0. The van der Waals surface area contributed by atoms with Crippen LogP contribution in [-0.4, -0.2) is 38.2 Å². The fourth-order valence-corrected chi connectivity index (χ4v) is 6.28. The third kappa shape index (κ3) is 3.30. The molecule has 0 saturated heterocycles. The first-order chi connectivity index (χ1) is 12.6. The van der Waals surface area contributed by atoms with E-state index in [1.807, 2.05) is 19.9 Å². The molecule has 3 atom stereocenters. The summed E-state index contributed by atoms with van der Waals surface area (Å²) in [6.45, 7) is 4.02. The van der Waals surface area contributed by atoms with Crippen LogP contribution in [0.1, 0.15) is 38.7 Å². The maximum absolute atomic E-state index is 12.6. The number of aliphatic hydroxyl groups excluding tert-OH is 1. The number of nitrogens with zero attached hydrogens (tertiary/aromatic N) is 2. The molecule has 7 nitrogen and oxygen atoms in total. The van der Waals surface area contributed by atoms with Gasteiger partial charge in [0.05, 0.1) is 19.0 Å². The van der Waals surface area contributed by atoms with Crippen molar-refractivity contribution in [2.75, 3.05) is 12.9 Å². The van der Waals surface area contributed by atoms with Crippen molar-refractivity contribution in [3.63, 3.8) is 0 Å². The maximum Gasteiger partial charge on any atom is 0.329 e. The highest BCUT2D eigenvalue weighted by Gasteiger charge is 2.65. The fraction of sp³-hybridized carbons (Fsp3) is 0.579. The Morgan fingerprint density at radius 2 is 2.04 bits per heavy atom. The summed E-state index contributed by atoms with van der Waals surface area (Å²) < 4.78 is 35.1. The number of aliphatic hydroxyl groups is 1. The van der Waals surface area contributed by atoms with Crippen LogP contribution >= 0.6 is 0 Å². The first-order valence-electron chi connectivity index (χ1n) is 8.87. The number of ether oxygens (including phenoxy) is 1. The van der Waals surface area contributed by atoms with E-state index >= 15 is 0 Å². The zero-order valence-electron chi connectivity index (χ0n) is 15.7. The molecule has 2 bridgehead atoms. The Morgan fingerprint density at radius 1 is 1.37 bits per heavy atom. The molecule has 3 unspecified atom stereocenters. The van der Waals surface area contributed by atoms with Gasteiger partial charge in [-0.15, -0.1) is 0 Å². The van der Waals surface area contributed by atoms with Crippen molar-refractivity contribution in [3.05, 3.63) is 29.8 Å².